The molecular formula is C25H25F3N2O2S. The van der Waals surface area contributed by atoms with E-state index in [0.717, 1.165) is 22.9 Å². The number of piperazine rings is 1. The van der Waals surface area contributed by atoms with E-state index in [1.807, 2.05) is 42.6 Å². The van der Waals surface area contributed by atoms with E-state index in [0.29, 0.717) is 49.8 Å². The molecule has 174 valence electrons. The maximum atomic E-state index is 12.9. The minimum Gasteiger partial charge on any atom is -0.489 e. The molecule has 1 aliphatic rings. The number of carbonyl (C=O) groups excluding carboxylic acids is 1. The molecule has 0 N–H and O–H groups in total. The summed E-state index contributed by atoms with van der Waals surface area (Å²) in [6.07, 6.45) is -4.34. The molecular weight excluding hydrogens is 449 g/mol. The predicted octanol–water partition coefficient (Wildman–Crippen LogP) is 5.61. The number of thiophene rings is 1. The normalized spacial score (nSPS) is 15.0. The van der Waals surface area contributed by atoms with Gasteiger partial charge >= 0.3 is 6.18 Å². The molecule has 0 aliphatic carbocycles. The Kier molecular flexibility index (Phi) is 7.05. The van der Waals surface area contributed by atoms with Crippen LogP contribution in [0, 0.1) is 6.92 Å². The molecule has 1 amide bonds. The number of rotatable bonds is 6. The van der Waals surface area contributed by atoms with E-state index in [4.69, 9.17) is 4.74 Å². The van der Waals surface area contributed by atoms with Crippen molar-refractivity contribution in [3.05, 3.63) is 87.1 Å². The quantitative estimate of drug-likeness (QED) is 0.465. The van der Waals surface area contributed by atoms with Crippen LogP contribution in [0.2, 0.25) is 0 Å². The second-order valence-corrected chi connectivity index (χ2v) is 9.05. The Hall–Kier alpha value is -2.84. The number of hydrogen-bond donors (Lipinski definition) is 0. The lowest BCUT2D eigenvalue weighted by atomic mass is 10.1. The Morgan fingerprint density at radius 3 is 2.48 bits per heavy atom. The van der Waals surface area contributed by atoms with Crippen molar-refractivity contribution in [2.75, 3.05) is 26.2 Å². The molecule has 0 bridgehead atoms. The summed E-state index contributed by atoms with van der Waals surface area (Å²) in [5.74, 6) is 0.814. The Morgan fingerprint density at radius 2 is 1.76 bits per heavy atom. The first-order chi connectivity index (χ1) is 15.8. The van der Waals surface area contributed by atoms with Gasteiger partial charge in [0.25, 0.3) is 5.91 Å². The van der Waals surface area contributed by atoms with Crippen molar-refractivity contribution in [1.82, 2.24) is 9.80 Å². The number of halogens is 3. The van der Waals surface area contributed by atoms with E-state index in [1.54, 1.807) is 11.0 Å². The van der Waals surface area contributed by atoms with Gasteiger partial charge in [-0.05, 0) is 41.6 Å². The second-order valence-electron chi connectivity index (χ2n) is 8.14. The fourth-order valence-electron chi connectivity index (χ4n) is 3.81. The maximum Gasteiger partial charge on any atom is 0.416 e. The van der Waals surface area contributed by atoms with Gasteiger partial charge in [-0.2, -0.15) is 13.2 Å². The number of benzene rings is 2. The summed E-state index contributed by atoms with van der Waals surface area (Å²) in [5, 5.41) is 1.94. The van der Waals surface area contributed by atoms with Gasteiger partial charge in [-0.1, -0.05) is 36.4 Å². The molecule has 0 radical (unpaired) electrons. The fourth-order valence-corrected chi connectivity index (χ4v) is 4.68. The lowest BCUT2D eigenvalue weighted by molar-refractivity contribution is -0.137. The van der Waals surface area contributed by atoms with Gasteiger partial charge in [0.15, 0.2) is 0 Å². The van der Waals surface area contributed by atoms with Crippen molar-refractivity contribution in [2.24, 2.45) is 0 Å². The zero-order valence-corrected chi connectivity index (χ0v) is 19.1. The van der Waals surface area contributed by atoms with Crippen molar-refractivity contribution < 1.29 is 22.7 Å². The Balaban J connectivity index is 1.29. The van der Waals surface area contributed by atoms with Gasteiger partial charge in [0, 0.05) is 38.3 Å². The Morgan fingerprint density at radius 1 is 1.00 bits per heavy atom. The molecule has 1 aliphatic heterocycles. The number of carbonyl (C=O) groups is 1. The van der Waals surface area contributed by atoms with Crippen LogP contribution in [0.25, 0.3) is 0 Å². The summed E-state index contributed by atoms with van der Waals surface area (Å²) < 4.78 is 44.7. The molecule has 4 nitrogen and oxygen atoms in total. The van der Waals surface area contributed by atoms with Crippen LogP contribution in [-0.2, 0) is 19.3 Å². The largest absolute Gasteiger partial charge is 0.489 e. The first kappa shape index (κ1) is 23.3. The monoisotopic (exact) mass is 474 g/mol. The smallest absolute Gasteiger partial charge is 0.416 e. The van der Waals surface area contributed by atoms with Crippen LogP contribution >= 0.6 is 11.3 Å². The van der Waals surface area contributed by atoms with E-state index in [1.165, 1.54) is 23.5 Å². The number of ether oxygens (including phenoxy) is 1. The average molecular weight is 475 g/mol. The standard InChI is InChI=1S/C25H25F3N2O2S/c1-18-5-2-3-8-22(18)32-16-20-14-23(33-17-20)24(31)30-11-9-29(10-12-30)15-19-6-4-7-21(13-19)25(26,27)28/h2-8,13-14,17H,9-12,15-16H2,1H3. The molecule has 1 saturated heterocycles. The zero-order chi connectivity index (χ0) is 23.4. The molecule has 4 rings (SSSR count). The highest BCUT2D eigenvalue weighted by atomic mass is 32.1. The predicted molar refractivity (Wildman–Crippen MR) is 122 cm³/mol. The summed E-state index contributed by atoms with van der Waals surface area (Å²) >= 11 is 1.41. The van der Waals surface area contributed by atoms with Gasteiger partial charge < -0.3 is 9.64 Å². The van der Waals surface area contributed by atoms with Crippen LogP contribution in [0.1, 0.15) is 31.9 Å². The molecule has 3 aromatic rings. The molecule has 8 heteroatoms. The van der Waals surface area contributed by atoms with Crippen LogP contribution in [0.5, 0.6) is 5.75 Å². The van der Waals surface area contributed by atoms with Crippen LogP contribution < -0.4 is 4.74 Å². The maximum absolute atomic E-state index is 12.9. The molecule has 2 aromatic carbocycles. The number of nitrogens with zero attached hydrogens (tertiary/aromatic N) is 2. The summed E-state index contributed by atoms with van der Waals surface area (Å²) in [6.45, 7) is 5.16. The lowest BCUT2D eigenvalue weighted by Crippen LogP contribution is -2.48. The third-order valence-corrected chi connectivity index (χ3v) is 6.64. The molecule has 1 fully saturated rings. The summed E-state index contributed by atoms with van der Waals surface area (Å²) in [5.41, 5.74) is 2.01. The SMILES string of the molecule is Cc1ccccc1OCc1csc(C(=O)N2CCN(Cc3cccc(C(F)(F)F)c3)CC2)c1. The third-order valence-electron chi connectivity index (χ3n) is 5.67. The van der Waals surface area contributed by atoms with Crippen LogP contribution in [0.4, 0.5) is 13.2 Å². The minimum absolute atomic E-state index is 0.0131. The van der Waals surface area contributed by atoms with E-state index in [-0.39, 0.29) is 5.91 Å². The highest BCUT2D eigenvalue weighted by Crippen LogP contribution is 2.30. The van der Waals surface area contributed by atoms with Crippen molar-refractivity contribution in [3.63, 3.8) is 0 Å². The molecule has 33 heavy (non-hydrogen) atoms. The van der Waals surface area contributed by atoms with Crippen LogP contribution in [-0.4, -0.2) is 41.9 Å². The van der Waals surface area contributed by atoms with Crippen molar-refractivity contribution in [2.45, 2.75) is 26.3 Å². The van der Waals surface area contributed by atoms with Gasteiger partial charge in [-0.3, -0.25) is 9.69 Å². The van der Waals surface area contributed by atoms with E-state index >= 15 is 0 Å². The third kappa shape index (κ3) is 5.94. The Labute approximate surface area is 195 Å². The van der Waals surface area contributed by atoms with Gasteiger partial charge in [0.2, 0.25) is 0 Å². The summed E-state index contributed by atoms with van der Waals surface area (Å²) in [6, 6.07) is 15.1. The molecule has 0 saturated carbocycles. The number of hydrogen-bond acceptors (Lipinski definition) is 4. The first-order valence-electron chi connectivity index (χ1n) is 10.7. The molecule has 1 aromatic heterocycles. The van der Waals surface area contributed by atoms with Crippen LogP contribution in [0.15, 0.2) is 60.0 Å². The zero-order valence-electron chi connectivity index (χ0n) is 18.3. The van der Waals surface area contributed by atoms with E-state index < -0.39 is 11.7 Å². The molecule has 0 spiro atoms. The van der Waals surface area contributed by atoms with E-state index in [9.17, 15) is 18.0 Å². The number of aryl methyl sites for hydroxylation is 1. The van der Waals surface area contributed by atoms with Gasteiger partial charge in [0.05, 0.1) is 10.4 Å². The van der Waals surface area contributed by atoms with Gasteiger partial charge in [-0.25, -0.2) is 0 Å². The number of para-hydroxylation sites is 1. The molecule has 2 heterocycles. The minimum atomic E-state index is -4.34. The molecule has 0 unspecified atom stereocenters. The van der Waals surface area contributed by atoms with Gasteiger partial charge in [-0.15, -0.1) is 11.3 Å². The number of amides is 1. The van der Waals surface area contributed by atoms with E-state index in [2.05, 4.69) is 4.90 Å². The highest BCUT2D eigenvalue weighted by Gasteiger charge is 2.30. The first-order valence-corrected chi connectivity index (χ1v) is 11.6. The number of alkyl halides is 3. The lowest BCUT2D eigenvalue weighted by Gasteiger charge is -2.34. The summed E-state index contributed by atoms with van der Waals surface area (Å²) in [7, 11) is 0. The average Bonchev–Trinajstić information content (AvgIpc) is 3.27. The fraction of sp³-hybridized carbons (Fsp3) is 0.320. The van der Waals surface area contributed by atoms with Gasteiger partial charge in [0.1, 0.15) is 12.4 Å². The van der Waals surface area contributed by atoms with Crippen molar-refractivity contribution >= 4 is 17.2 Å². The van der Waals surface area contributed by atoms with Crippen molar-refractivity contribution in [3.8, 4) is 5.75 Å². The van der Waals surface area contributed by atoms with Crippen LogP contribution in [0.3, 0.4) is 0 Å². The topological polar surface area (TPSA) is 32.8 Å². The Bertz CT molecular complexity index is 1100. The molecule has 0 atom stereocenters. The van der Waals surface area contributed by atoms with Crippen molar-refractivity contribution in [1.29, 1.82) is 0 Å². The highest BCUT2D eigenvalue weighted by molar-refractivity contribution is 7.12. The second kappa shape index (κ2) is 9.97. The summed E-state index contributed by atoms with van der Waals surface area (Å²) in [4.78, 5) is 17.5.